The number of hydrogen-bond acceptors (Lipinski definition) is 3. The van der Waals surface area contributed by atoms with Crippen LogP contribution in [0, 0.1) is 0 Å². The quantitative estimate of drug-likeness (QED) is 0.464. The number of nitrogens with one attached hydrogen (secondary N) is 1. The van der Waals surface area contributed by atoms with E-state index in [0.717, 1.165) is 41.8 Å². The second kappa shape index (κ2) is 10.5. The Morgan fingerprint density at radius 1 is 0.969 bits per heavy atom. The molecule has 2 amide bonds. The summed E-state index contributed by atoms with van der Waals surface area (Å²) in [6.07, 6.45) is 3.15. The molecule has 0 saturated carbocycles. The zero-order valence-corrected chi connectivity index (χ0v) is 19.1. The highest BCUT2D eigenvalue weighted by Gasteiger charge is 2.34. The average molecular weight is 445 g/mol. The Labute approximate surface area is 194 Å². The zero-order chi connectivity index (χ0) is 22.3. The van der Waals surface area contributed by atoms with E-state index in [1.54, 1.807) is 11.8 Å². The number of rotatable bonds is 8. The van der Waals surface area contributed by atoms with Crippen LogP contribution in [0.1, 0.15) is 41.8 Å². The van der Waals surface area contributed by atoms with Crippen LogP contribution < -0.4 is 10.2 Å². The van der Waals surface area contributed by atoms with E-state index in [1.807, 2.05) is 77.7 Å². The lowest BCUT2D eigenvalue weighted by atomic mass is 10.1. The fourth-order valence-corrected chi connectivity index (χ4v) is 5.18. The molecule has 4 nitrogen and oxygen atoms in total. The summed E-state index contributed by atoms with van der Waals surface area (Å²) in [6, 6.07) is 26.1. The van der Waals surface area contributed by atoms with Crippen molar-refractivity contribution in [2.75, 3.05) is 16.0 Å². The van der Waals surface area contributed by atoms with Crippen LogP contribution in [-0.2, 0) is 22.4 Å². The molecule has 1 saturated heterocycles. The van der Waals surface area contributed by atoms with E-state index in [1.165, 1.54) is 5.56 Å². The van der Waals surface area contributed by atoms with Gasteiger partial charge in [-0.2, -0.15) is 0 Å². The molecule has 3 aromatic carbocycles. The van der Waals surface area contributed by atoms with Gasteiger partial charge in [-0.3, -0.25) is 14.5 Å². The van der Waals surface area contributed by atoms with Gasteiger partial charge in [-0.15, -0.1) is 11.8 Å². The minimum absolute atomic E-state index is 0.00198. The third kappa shape index (κ3) is 5.22. The van der Waals surface area contributed by atoms with E-state index in [2.05, 4.69) is 18.3 Å². The summed E-state index contributed by atoms with van der Waals surface area (Å²) in [5.74, 6) is 0.618. The maximum atomic E-state index is 12.8. The van der Waals surface area contributed by atoms with Crippen LogP contribution in [0.15, 0.2) is 78.9 Å². The van der Waals surface area contributed by atoms with Gasteiger partial charge >= 0.3 is 0 Å². The number of aryl methyl sites for hydroxylation is 2. The third-order valence-corrected chi connectivity index (χ3v) is 6.81. The Morgan fingerprint density at radius 2 is 1.69 bits per heavy atom. The van der Waals surface area contributed by atoms with Gasteiger partial charge in [0, 0.05) is 17.8 Å². The van der Waals surface area contributed by atoms with E-state index in [0.29, 0.717) is 12.2 Å². The van der Waals surface area contributed by atoms with Crippen molar-refractivity contribution in [3.8, 4) is 0 Å². The van der Waals surface area contributed by atoms with Crippen molar-refractivity contribution in [3.05, 3.63) is 95.6 Å². The van der Waals surface area contributed by atoms with Crippen molar-refractivity contribution in [1.29, 1.82) is 0 Å². The van der Waals surface area contributed by atoms with Crippen LogP contribution in [0.25, 0.3) is 0 Å². The predicted octanol–water partition coefficient (Wildman–Crippen LogP) is 5.99. The number of amides is 2. The average Bonchev–Trinajstić information content (AvgIpc) is 3.20. The molecule has 5 heteroatoms. The van der Waals surface area contributed by atoms with Crippen molar-refractivity contribution in [2.45, 2.75) is 38.0 Å². The fourth-order valence-electron chi connectivity index (χ4n) is 4.01. The van der Waals surface area contributed by atoms with Gasteiger partial charge in [0.05, 0.1) is 5.75 Å². The molecular weight excluding hydrogens is 416 g/mol. The molecule has 164 valence electrons. The predicted molar refractivity (Wildman–Crippen MR) is 133 cm³/mol. The smallest absolute Gasteiger partial charge is 0.238 e. The molecule has 4 rings (SSSR count). The maximum Gasteiger partial charge on any atom is 0.238 e. The molecule has 1 aliphatic heterocycles. The number of carbonyl (C=O) groups is 2. The van der Waals surface area contributed by atoms with E-state index in [4.69, 9.17) is 0 Å². The maximum absolute atomic E-state index is 12.8. The van der Waals surface area contributed by atoms with E-state index < -0.39 is 0 Å². The summed E-state index contributed by atoms with van der Waals surface area (Å²) in [5.41, 5.74) is 5.21. The Bertz CT molecular complexity index is 1070. The second-order valence-electron chi connectivity index (χ2n) is 7.96. The van der Waals surface area contributed by atoms with Crippen molar-refractivity contribution < 1.29 is 9.59 Å². The Morgan fingerprint density at radius 3 is 2.44 bits per heavy atom. The molecule has 0 aliphatic carbocycles. The minimum Gasteiger partial charge on any atom is -0.326 e. The molecule has 32 heavy (non-hydrogen) atoms. The molecule has 0 unspecified atom stereocenters. The molecule has 0 bridgehead atoms. The van der Waals surface area contributed by atoms with Gasteiger partial charge in [-0.1, -0.05) is 74.0 Å². The fraction of sp³-hybridized carbons (Fsp3) is 0.259. The molecular formula is C27H28N2O2S. The highest BCUT2D eigenvalue weighted by atomic mass is 32.2. The summed E-state index contributed by atoms with van der Waals surface area (Å²) < 4.78 is 0. The SMILES string of the molecule is CCCc1ccccc1N1C(=O)CS[C@@H]1c1ccc(NC(=O)CCc2ccccc2)cc1. The van der Waals surface area contributed by atoms with Crippen LogP contribution in [0.5, 0.6) is 0 Å². The molecule has 1 N–H and O–H groups in total. The van der Waals surface area contributed by atoms with Gasteiger partial charge in [-0.25, -0.2) is 0 Å². The Balaban J connectivity index is 1.44. The number of carbonyl (C=O) groups excluding carboxylic acids is 2. The summed E-state index contributed by atoms with van der Waals surface area (Å²) >= 11 is 1.65. The normalized spacial score (nSPS) is 15.7. The van der Waals surface area contributed by atoms with Gasteiger partial charge in [0.1, 0.15) is 5.37 Å². The molecule has 1 fully saturated rings. The van der Waals surface area contributed by atoms with Crippen LogP contribution >= 0.6 is 11.8 Å². The van der Waals surface area contributed by atoms with Crippen molar-refractivity contribution in [1.82, 2.24) is 0 Å². The number of benzene rings is 3. The molecule has 0 radical (unpaired) electrons. The molecule has 1 aliphatic rings. The summed E-state index contributed by atoms with van der Waals surface area (Å²) in [6.45, 7) is 2.15. The summed E-state index contributed by atoms with van der Waals surface area (Å²) in [7, 11) is 0. The minimum atomic E-state index is -0.0525. The lowest BCUT2D eigenvalue weighted by Crippen LogP contribution is -2.28. The zero-order valence-electron chi connectivity index (χ0n) is 18.3. The monoisotopic (exact) mass is 444 g/mol. The van der Waals surface area contributed by atoms with Gasteiger partial charge in [0.25, 0.3) is 0 Å². The van der Waals surface area contributed by atoms with Gasteiger partial charge in [-0.05, 0) is 47.7 Å². The standard InChI is InChI=1S/C27H28N2O2S/c1-2-8-21-11-6-7-12-24(21)29-26(31)19-32-27(29)22-14-16-23(17-15-22)28-25(30)18-13-20-9-4-3-5-10-20/h3-7,9-12,14-17,27H,2,8,13,18-19H2,1H3,(H,28,30)/t27-/m1/s1. The highest BCUT2D eigenvalue weighted by Crippen LogP contribution is 2.43. The molecule has 3 aromatic rings. The third-order valence-electron chi connectivity index (χ3n) is 5.60. The molecule has 1 heterocycles. The van der Waals surface area contributed by atoms with Crippen LogP contribution in [0.3, 0.4) is 0 Å². The second-order valence-corrected chi connectivity index (χ2v) is 9.03. The summed E-state index contributed by atoms with van der Waals surface area (Å²) in [5, 5.41) is 2.93. The van der Waals surface area contributed by atoms with E-state index in [-0.39, 0.29) is 17.2 Å². The first-order valence-electron chi connectivity index (χ1n) is 11.1. The number of anilines is 2. The Hall–Kier alpha value is -3.05. The first-order chi connectivity index (χ1) is 15.7. The lowest BCUT2D eigenvalue weighted by molar-refractivity contribution is -0.116. The topological polar surface area (TPSA) is 49.4 Å². The van der Waals surface area contributed by atoms with Gasteiger partial charge < -0.3 is 5.32 Å². The summed E-state index contributed by atoms with van der Waals surface area (Å²) in [4.78, 5) is 27.0. The molecule has 0 aromatic heterocycles. The van der Waals surface area contributed by atoms with Crippen molar-refractivity contribution in [2.24, 2.45) is 0 Å². The van der Waals surface area contributed by atoms with Gasteiger partial charge in [0.15, 0.2) is 0 Å². The molecule has 1 atom stereocenters. The van der Waals surface area contributed by atoms with E-state index in [9.17, 15) is 9.59 Å². The van der Waals surface area contributed by atoms with Crippen LogP contribution in [0.4, 0.5) is 11.4 Å². The van der Waals surface area contributed by atoms with Gasteiger partial charge in [0.2, 0.25) is 11.8 Å². The first-order valence-corrected chi connectivity index (χ1v) is 12.2. The number of thioether (sulfide) groups is 1. The number of hydrogen-bond donors (Lipinski definition) is 1. The lowest BCUT2D eigenvalue weighted by Gasteiger charge is -2.26. The van der Waals surface area contributed by atoms with Crippen LogP contribution in [-0.4, -0.2) is 17.6 Å². The highest BCUT2D eigenvalue weighted by molar-refractivity contribution is 8.00. The first kappa shape index (κ1) is 22.2. The van der Waals surface area contributed by atoms with Crippen LogP contribution in [0.2, 0.25) is 0 Å². The van der Waals surface area contributed by atoms with E-state index >= 15 is 0 Å². The van der Waals surface area contributed by atoms with Crippen molar-refractivity contribution >= 4 is 35.0 Å². The largest absolute Gasteiger partial charge is 0.326 e. The number of para-hydroxylation sites is 1. The van der Waals surface area contributed by atoms with Crippen molar-refractivity contribution in [3.63, 3.8) is 0 Å². The number of nitrogens with zero attached hydrogens (tertiary/aromatic N) is 1. The molecule has 0 spiro atoms. The Kier molecular flexibility index (Phi) is 7.28.